The van der Waals surface area contributed by atoms with Gasteiger partial charge in [0.25, 0.3) is 5.91 Å². The van der Waals surface area contributed by atoms with Crippen molar-refractivity contribution in [2.45, 2.75) is 13.1 Å². The monoisotopic (exact) mass is 495 g/mol. The average Bonchev–Trinajstić information content (AvgIpc) is 3.31. The molecule has 0 spiro atoms. The average molecular weight is 496 g/mol. The van der Waals surface area contributed by atoms with Gasteiger partial charge in [-0.3, -0.25) is 4.79 Å². The summed E-state index contributed by atoms with van der Waals surface area (Å²) < 4.78 is 10.6. The van der Waals surface area contributed by atoms with Crippen molar-refractivity contribution in [3.05, 3.63) is 83.2 Å². The summed E-state index contributed by atoms with van der Waals surface area (Å²) >= 11 is 0. The zero-order valence-electron chi connectivity index (χ0n) is 21.3. The normalized spacial score (nSPS) is 11.4. The minimum atomic E-state index is -0.466. The summed E-state index contributed by atoms with van der Waals surface area (Å²) in [6, 6.07) is 17.7. The Morgan fingerprint density at radius 3 is 2.65 bits per heavy atom. The highest BCUT2D eigenvalue weighted by Gasteiger charge is 2.14. The van der Waals surface area contributed by atoms with Crippen molar-refractivity contribution >= 4 is 23.0 Å². The lowest BCUT2D eigenvalue weighted by molar-refractivity contribution is -0.117. The Balaban J connectivity index is 1.59. The van der Waals surface area contributed by atoms with E-state index in [2.05, 4.69) is 32.3 Å². The number of aromatic nitrogens is 2. The second-order valence-electron chi connectivity index (χ2n) is 8.80. The van der Waals surface area contributed by atoms with Gasteiger partial charge in [0, 0.05) is 42.0 Å². The van der Waals surface area contributed by atoms with E-state index < -0.39 is 5.91 Å². The van der Waals surface area contributed by atoms with E-state index in [-0.39, 0.29) is 12.1 Å². The fourth-order valence-electron chi connectivity index (χ4n) is 4.14. The van der Waals surface area contributed by atoms with Gasteiger partial charge < -0.3 is 24.7 Å². The quantitative estimate of drug-likeness (QED) is 0.261. The molecule has 4 rings (SSSR count). The highest BCUT2D eigenvalue weighted by molar-refractivity contribution is 6.04. The van der Waals surface area contributed by atoms with Gasteiger partial charge in [-0.1, -0.05) is 30.3 Å². The molecule has 0 saturated heterocycles. The van der Waals surface area contributed by atoms with E-state index in [4.69, 9.17) is 9.47 Å². The van der Waals surface area contributed by atoms with Crippen molar-refractivity contribution < 1.29 is 14.3 Å². The number of methoxy groups -OCH3 is 2. The maximum absolute atomic E-state index is 12.8. The number of aromatic amines is 1. The van der Waals surface area contributed by atoms with Crippen LogP contribution in [0.15, 0.2) is 66.5 Å². The predicted octanol–water partition coefficient (Wildman–Crippen LogP) is 4.53. The summed E-state index contributed by atoms with van der Waals surface area (Å²) in [7, 11) is 7.19. The van der Waals surface area contributed by atoms with Crippen molar-refractivity contribution in [1.82, 2.24) is 20.2 Å². The summed E-state index contributed by atoms with van der Waals surface area (Å²) in [4.78, 5) is 22.7. The number of amides is 1. The van der Waals surface area contributed by atoms with Gasteiger partial charge in [0.1, 0.15) is 17.3 Å². The van der Waals surface area contributed by atoms with Crippen LogP contribution in [0.25, 0.3) is 28.2 Å². The summed E-state index contributed by atoms with van der Waals surface area (Å²) in [5, 5.41) is 13.4. The first-order valence-electron chi connectivity index (χ1n) is 11.7. The molecule has 0 unspecified atom stereocenters. The first-order valence-corrected chi connectivity index (χ1v) is 11.7. The Morgan fingerprint density at radius 1 is 1.14 bits per heavy atom. The zero-order valence-corrected chi connectivity index (χ0v) is 21.3. The molecule has 188 valence electrons. The van der Waals surface area contributed by atoms with Crippen LogP contribution in [-0.4, -0.2) is 49.1 Å². The molecule has 2 aromatic heterocycles. The second-order valence-corrected chi connectivity index (χ2v) is 8.80. The van der Waals surface area contributed by atoms with Gasteiger partial charge in [-0.15, -0.1) is 0 Å². The molecule has 2 N–H and O–H groups in total. The topological polar surface area (TPSA) is 103 Å². The fraction of sp³-hybridized carbons (Fsp3) is 0.207. The van der Waals surface area contributed by atoms with E-state index in [1.54, 1.807) is 38.6 Å². The third-order valence-electron chi connectivity index (χ3n) is 5.94. The van der Waals surface area contributed by atoms with E-state index in [1.165, 1.54) is 5.56 Å². The minimum Gasteiger partial charge on any atom is -0.493 e. The number of nitrogens with zero attached hydrogens (tertiary/aromatic N) is 3. The maximum Gasteiger partial charge on any atom is 0.262 e. The Hall–Kier alpha value is -4.61. The maximum atomic E-state index is 12.8. The molecule has 1 amide bonds. The van der Waals surface area contributed by atoms with Crippen molar-refractivity contribution in [1.29, 1.82) is 5.26 Å². The van der Waals surface area contributed by atoms with Crippen LogP contribution >= 0.6 is 0 Å². The van der Waals surface area contributed by atoms with Crippen LogP contribution in [0.5, 0.6) is 11.5 Å². The SMILES string of the molecule is COc1ccc(CNC(=O)/C(C#N)=C/c2c[nH]c3ncc(-c4ccccc4CN(C)C)cc23)cc1OC. The molecule has 0 radical (unpaired) electrons. The van der Waals surface area contributed by atoms with Crippen LogP contribution < -0.4 is 14.8 Å². The molecular formula is C29H29N5O3. The lowest BCUT2D eigenvalue weighted by Gasteiger charge is -2.14. The molecule has 37 heavy (non-hydrogen) atoms. The Morgan fingerprint density at radius 2 is 1.92 bits per heavy atom. The van der Waals surface area contributed by atoms with Gasteiger partial charge >= 0.3 is 0 Å². The number of rotatable bonds is 9. The standard InChI is InChI=1S/C29H29N5O3/c1-34(2)18-20-7-5-6-8-24(20)23-13-25-22(16-31-28(25)32-17-23)12-21(14-30)29(35)33-15-19-9-10-26(36-3)27(11-19)37-4/h5-13,16-17H,15,18H2,1-4H3,(H,31,32)(H,33,35)/b21-12+. The molecule has 2 aromatic carbocycles. The first kappa shape index (κ1) is 25.5. The zero-order chi connectivity index (χ0) is 26.4. The van der Waals surface area contributed by atoms with E-state index in [1.807, 2.05) is 50.6 Å². The number of H-pyrrole nitrogens is 1. The summed E-state index contributed by atoms with van der Waals surface area (Å²) in [6.45, 7) is 1.04. The molecular weight excluding hydrogens is 466 g/mol. The molecule has 0 atom stereocenters. The number of hydrogen-bond acceptors (Lipinski definition) is 6. The van der Waals surface area contributed by atoms with Crippen molar-refractivity contribution in [3.8, 4) is 28.7 Å². The van der Waals surface area contributed by atoms with Crippen LogP contribution in [0.1, 0.15) is 16.7 Å². The van der Waals surface area contributed by atoms with Gasteiger partial charge in [0.05, 0.1) is 14.2 Å². The van der Waals surface area contributed by atoms with Crippen LogP contribution in [0.2, 0.25) is 0 Å². The Bertz CT molecular complexity index is 1500. The summed E-state index contributed by atoms with van der Waals surface area (Å²) in [6.07, 6.45) is 5.17. The van der Waals surface area contributed by atoms with Gasteiger partial charge in [-0.05, 0) is 55.1 Å². The molecule has 0 aliphatic heterocycles. The van der Waals surface area contributed by atoms with Crippen molar-refractivity contribution in [2.24, 2.45) is 0 Å². The van der Waals surface area contributed by atoms with E-state index >= 15 is 0 Å². The summed E-state index contributed by atoms with van der Waals surface area (Å²) in [5.74, 6) is 0.707. The van der Waals surface area contributed by atoms with Gasteiger partial charge in [0.15, 0.2) is 11.5 Å². The number of carbonyl (C=O) groups is 1. The van der Waals surface area contributed by atoms with Crippen molar-refractivity contribution in [2.75, 3.05) is 28.3 Å². The molecule has 8 nitrogen and oxygen atoms in total. The third kappa shape index (κ3) is 5.80. The lowest BCUT2D eigenvalue weighted by atomic mass is 9.99. The highest BCUT2D eigenvalue weighted by Crippen LogP contribution is 2.29. The number of ether oxygens (including phenoxy) is 2. The first-order chi connectivity index (χ1) is 17.9. The van der Waals surface area contributed by atoms with Gasteiger partial charge in [-0.25, -0.2) is 4.98 Å². The molecule has 0 fully saturated rings. The Kier molecular flexibility index (Phi) is 7.86. The second kappa shape index (κ2) is 11.4. The predicted molar refractivity (Wildman–Crippen MR) is 144 cm³/mol. The fourth-order valence-corrected chi connectivity index (χ4v) is 4.14. The molecule has 0 bridgehead atoms. The number of pyridine rings is 1. The third-order valence-corrected chi connectivity index (χ3v) is 5.94. The highest BCUT2D eigenvalue weighted by atomic mass is 16.5. The van der Waals surface area contributed by atoms with Crippen LogP contribution in [0, 0.1) is 11.3 Å². The summed E-state index contributed by atoms with van der Waals surface area (Å²) in [5.41, 5.74) is 5.47. The molecule has 8 heteroatoms. The lowest BCUT2D eigenvalue weighted by Crippen LogP contribution is -2.24. The van der Waals surface area contributed by atoms with E-state index in [0.717, 1.165) is 28.6 Å². The van der Waals surface area contributed by atoms with Gasteiger partial charge in [0.2, 0.25) is 0 Å². The number of fused-ring (bicyclic) bond motifs is 1. The molecule has 0 aliphatic carbocycles. The number of hydrogen-bond donors (Lipinski definition) is 2. The molecule has 4 aromatic rings. The van der Waals surface area contributed by atoms with Crippen molar-refractivity contribution in [3.63, 3.8) is 0 Å². The Labute approximate surface area is 216 Å². The largest absolute Gasteiger partial charge is 0.493 e. The number of carbonyl (C=O) groups excluding carboxylic acids is 1. The van der Waals surface area contributed by atoms with Crippen LogP contribution in [0.3, 0.4) is 0 Å². The van der Waals surface area contributed by atoms with E-state index in [9.17, 15) is 10.1 Å². The number of benzene rings is 2. The smallest absolute Gasteiger partial charge is 0.262 e. The van der Waals surface area contributed by atoms with Gasteiger partial charge in [-0.2, -0.15) is 5.26 Å². The van der Waals surface area contributed by atoms with Crippen LogP contribution in [-0.2, 0) is 17.9 Å². The molecule has 2 heterocycles. The number of nitrogens with one attached hydrogen (secondary N) is 2. The molecule has 0 aliphatic rings. The number of nitriles is 1. The van der Waals surface area contributed by atoms with Crippen LogP contribution in [0.4, 0.5) is 0 Å². The van der Waals surface area contributed by atoms with E-state index in [0.29, 0.717) is 22.7 Å². The minimum absolute atomic E-state index is 0.000197. The molecule has 0 saturated carbocycles.